The van der Waals surface area contributed by atoms with Crippen molar-refractivity contribution in [3.63, 3.8) is 0 Å². The fourth-order valence-electron chi connectivity index (χ4n) is 1.58. The van der Waals surface area contributed by atoms with Crippen molar-refractivity contribution in [1.82, 2.24) is 0 Å². The lowest BCUT2D eigenvalue weighted by molar-refractivity contribution is -0.144. The Morgan fingerprint density at radius 2 is 1.60 bits per heavy atom. The molecule has 10 heteroatoms. The van der Waals surface area contributed by atoms with Crippen LogP contribution in [0.5, 0.6) is 0 Å². The highest BCUT2D eigenvalue weighted by atomic mass is 32.1. The molecule has 0 bridgehead atoms. The van der Waals surface area contributed by atoms with Gasteiger partial charge in [-0.15, -0.1) is 0 Å². The fourth-order valence-corrected chi connectivity index (χ4v) is 2.82. The summed E-state index contributed by atoms with van der Waals surface area (Å²) in [6.45, 7) is 0. The molecular formula is C10H21N3O4S3. The molecule has 0 saturated heterocycles. The molecule has 0 rings (SSSR count). The van der Waals surface area contributed by atoms with Gasteiger partial charge in [-0.1, -0.05) is 0 Å². The smallest absolute Gasteiger partial charge is 0.325 e. The van der Waals surface area contributed by atoms with Crippen LogP contribution in [0, 0.1) is 0 Å². The third kappa shape index (κ3) is 4.71. The molecule has 0 heterocycles. The number of carboxylic acids is 2. The first-order chi connectivity index (χ1) is 9.03. The molecule has 0 fully saturated rings. The molecule has 0 amide bonds. The minimum atomic E-state index is -1.65. The summed E-state index contributed by atoms with van der Waals surface area (Å²) in [6.07, 6.45) is 0.0254. The Hall–Kier alpha value is -0.130. The van der Waals surface area contributed by atoms with Gasteiger partial charge in [0.05, 0.1) is 0 Å². The molecule has 7 nitrogen and oxygen atoms in total. The van der Waals surface area contributed by atoms with E-state index in [9.17, 15) is 9.59 Å². The van der Waals surface area contributed by atoms with E-state index in [2.05, 4.69) is 37.9 Å². The molecule has 0 aliphatic rings. The number of carboxylic acid groups (broad SMARTS) is 2. The molecule has 4 unspecified atom stereocenters. The molecule has 0 aromatic rings. The minimum Gasteiger partial charge on any atom is -0.480 e. The van der Waals surface area contributed by atoms with Gasteiger partial charge in [0.1, 0.15) is 11.1 Å². The number of nitrogens with two attached hydrogens (primary N) is 3. The third-order valence-electron chi connectivity index (χ3n) is 3.11. The first-order valence-corrected chi connectivity index (χ1v) is 7.51. The van der Waals surface area contributed by atoms with Gasteiger partial charge in [-0.25, -0.2) is 0 Å². The van der Waals surface area contributed by atoms with Gasteiger partial charge in [-0.2, -0.15) is 37.9 Å². The van der Waals surface area contributed by atoms with E-state index >= 15 is 0 Å². The Balaban J connectivity index is 4.80. The van der Waals surface area contributed by atoms with Crippen molar-refractivity contribution in [1.29, 1.82) is 0 Å². The molecule has 0 radical (unpaired) electrons. The summed E-state index contributed by atoms with van der Waals surface area (Å²) >= 11 is 12.0. The van der Waals surface area contributed by atoms with E-state index < -0.39 is 34.3 Å². The van der Waals surface area contributed by atoms with Crippen molar-refractivity contribution in [2.24, 2.45) is 17.2 Å². The number of hydrogen-bond donors (Lipinski definition) is 8. The van der Waals surface area contributed by atoms with Gasteiger partial charge >= 0.3 is 11.9 Å². The van der Waals surface area contributed by atoms with Gasteiger partial charge in [0.25, 0.3) is 0 Å². The maximum Gasteiger partial charge on any atom is 0.325 e. The molecular weight excluding hydrogens is 322 g/mol. The highest BCUT2D eigenvalue weighted by Crippen LogP contribution is 2.23. The largest absolute Gasteiger partial charge is 0.480 e. The van der Waals surface area contributed by atoms with Crippen molar-refractivity contribution >= 4 is 49.8 Å². The number of rotatable bonds is 9. The normalized spacial score (nSPS) is 20.5. The number of carbonyl (C=O) groups is 2. The van der Waals surface area contributed by atoms with E-state index in [0.717, 1.165) is 0 Å². The Morgan fingerprint density at radius 3 is 1.90 bits per heavy atom. The summed E-state index contributed by atoms with van der Waals surface area (Å²) in [5, 5.41) is 17.3. The van der Waals surface area contributed by atoms with E-state index in [-0.39, 0.29) is 24.3 Å². The molecule has 0 aromatic heterocycles. The summed E-state index contributed by atoms with van der Waals surface area (Å²) in [4.78, 5) is 22.2. The van der Waals surface area contributed by atoms with Crippen LogP contribution >= 0.6 is 37.9 Å². The maximum atomic E-state index is 11.1. The lowest BCUT2D eigenvalue weighted by Gasteiger charge is -2.32. The zero-order valence-electron chi connectivity index (χ0n) is 10.8. The zero-order chi connectivity index (χ0) is 16.1. The lowest BCUT2D eigenvalue weighted by atomic mass is 9.88. The van der Waals surface area contributed by atoms with E-state index in [1.54, 1.807) is 0 Å². The molecule has 0 aromatic carbocycles. The van der Waals surface area contributed by atoms with Crippen LogP contribution in [0.2, 0.25) is 0 Å². The SMILES string of the molecule is NC(CC(S)C(N)(CS)C(=O)O)CC(N)(CS)C(=O)O. The van der Waals surface area contributed by atoms with Gasteiger partial charge in [0.2, 0.25) is 0 Å². The molecule has 8 N–H and O–H groups in total. The Bertz CT molecular complexity index is 374. The summed E-state index contributed by atoms with van der Waals surface area (Å²) in [7, 11) is 0. The molecule has 0 aliphatic heterocycles. The monoisotopic (exact) mass is 343 g/mol. The molecule has 20 heavy (non-hydrogen) atoms. The molecule has 0 spiro atoms. The first kappa shape index (κ1) is 19.9. The van der Waals surface area contributed by atoms with Crippen LogP contribution in [0.15, 0.2) is 0 Å². The Kier molecular flexibility index (Phi) is 7.71. The van der Waals surface area contributed by atoms with Crippen LogP contribution in [0.25, 0.3) is 0 Å². The standard InChI is InChI=1S/C10H21N3O4S3/c11-5(2-9(12,3-18)7(14)15)1-6(20)10(13,4-19)8(16)17/h5-6,18-20H,1-4,11-13H2,(H,14,15)(H,16,17). The predicted molar refractivity (Wildman–Crippen MR) is 86.8 cm³/mol. The Morgan fingerprint density at radius 1 is 1.10 bits per heavy atom. The summed E-state index contributed by atoms with van der Waals surface area (Å²) in [5.74, 6) is -2.68. The van der Waals surface area contributed by atoms with E-state index in [1.165, 1.54) is 0 Å². The van der Waals surface area contributed by atoms with Gasteiger partial charge in [-0.05, 0) is 12.8 Å². The second-order valence-corrected chi connectivity index (χ2v) is 6.09. The predicted octanol–water partition coefficient (Wildman–Crippen LogP) is -1.18. The number of thiol groups is 3. The molecule has 0 aliphatic carbocycles. The van der Waals surface area contributed by atoms with Crippen LogP contribution < -0.4 is 17.2 Å². The molecule has 0 saturated carbocycles. The topological polar surface area (TPSA) is 153 Å². The first-order valence-electron chi connectivity index (χ1n) is 5.73. The second kappa shape index (κ2) is 7.76. The van der Waals surface area contributed by atoms with Crippen LogP contribution in [0.3, 0.4) is 0 Å². The van der Waals surface area contributed by atoms with Crippen molar-refractivity contribution in [2.45, 2.75) is 35.2 Å². The summed E-state index contributed by atoms with van der Waals surface area (Å²) in [5.41, 5.74) is 14.0. The van der Waals surface area contributed by atoms with Crippen LogP contribution in [0.1, 0.15) is 12.8 Å². The highest BCUT2D eigenvalue weighted by molar-refractivity contribution is 7.81. The van der Waals surface area contributed by atoms with Crippen molar-refractivity contribution < 1.29 is 19.8 Å². The molecule has 118 valence electrons. The van der Waals surface area contributed by atoms with Crippen LogP contribution in [-0.4, -0.2) is 56.0 Å². The molecule has 4 atom stereocenters. The van der Waals surface area contributed by atoms with Gasteiger partial charge < -0.3 is 27.4 Å². The third-order valence-corrected chi connectivity index (χ3v) is 4.87. The van der Waals surface area contributed by atoms with E-state index in [0.29, 0.717) is 0 Å². The van der Waals surface area contributed by atoms with E-state index in [4.69, 9.17) is 27.4 Å². The summed E-state index contributed by atoms with van der Waals surface area (Å²) < 4.78 is 0. The van der Waals surface area contributed by atoms with Gasteiger partial charge in [-0.3, -0.25) is 9.59 Å². The van der Waals surface area contributed by atoms with Crippen LogP contribution in [-0.2, 0) is 9.59 Å². The van der Waals surface area contributed by atoms with Gasteiger partial charge in [0, 0.05) is 22.8 Å². The fraction of sp³-hybridized carbons (Fsp3) is 0.800. The van der Waals surface area contributed by atoms with Crippen LogP contribution in [0.4, 0.5) is 0 Å². The number of aliphatic carboxylic acids is 2. The highest BCUT2D eigenvalue weighted by Gasteiger charge is 2.41. The van der Waals surface area contributed by atoms with Gasteiger partial charge in [0.15, 0.2) is 0 Å². The lowest BCUT2D eigenvalue weighted by Crippen LogP contribution is -2.59. The quantitative estimate of drug-likeness (QED) is 0.245. The van der Waals surface area contributed by atoms with Crippen molar-refractivity contribution in [3.05, 3.63) is 0 Å². The van der Waals surface area contributed by atoms with Crippen molar-refractivity contribution in [3.8, 4) is 0 Å². The average Bonchev–Trinajstić information content (AvgIpc) is 2.36. The number of hydrogen-bond acceptors (Lipinski definition) is 8. The van der Waals surface area contributed by atoms with Crippen molar-refractivity contribution in [2.75, 3.05) is 11.5 Å². The Labute approximate surface area is 133 Å². The minimum absolute atomic E-state index is 0.0643. The maximum absolute atomic E-state index is 11.1. The zero-order valence-corrected chi connectivity index (χ0v) is 13.5. The summed E-state index contributed by atoms with van der Waals surface area (Å²) in [6, 6.07) is -0.673. The average molecular weight is 343 g/mol. The second-order valence-electron chi connectivity index (χ2n) is 4.84. The van der Waals surface area contributed by atoms with E-state index in [1.807, 2.05) is 0 Å².